The van der Waals surface area contributed by atoms with Crippen molar-refractivity contribution in [3.63, 3.8) is 0 Å². The molecule has 0 saturated carbocycles. The van der Waals surface area contributed by atoms with Gasteiger partial charge in [0.05, 0.1) is 15.5 Å². The second kappa shape index (κ2) is 4.06. The van der Waals surface area contributed by atoms with E-state index >= 15 is 0 Å². The molecule has 14 heavy (non-hydrogen) atoms. The smallest absolute Gasteiger partial charge is 0.294 e. The molecule has 4 nitrogen and oxygen atoms in total. The van der Waals surface area contributed by atoms with Crippen molar-refractivity contribution in [1.29, 1.82) is 0 Å². The molecular weight excluding hydrogens is 273 g/mol. The average molecular weight is 278 g/mol. The highest BCUT2D eigenvalue weighted by Crippen LogP contribution is 2.35. The van der Waals surface area contributed by atoms with E-state index in [1.807, 2.05) is 0 Å². The summed E-state index contributed by atoms with van der Waals surface area (Å²) in [6, 6.07) is 2.78. The van der Waals surface area contributed by atoms with Gasteiger partial charge >= 0.3 is 0 Å². The minimum absolute atomic E-state index is 0.0475. The Labute approximate surface area is 93.1 Å². The Hall–Kier alpha value is -0.940. The van der Waals surface area contributed by atoms with Crippen molar-refractivity contribution >= 4 is 39.0 Å². The summed E-state index contributed by atoms with van der Waals surface area (Å²) < 4.78 is 0.136. The molecule has 0 bridgehead atoms. The summed E-state index contributed by atoms with van der Waals surface area (Å²) in [5, 5.41) is 10.9. The van der Waals surface area contributed by atoms with E-state index in [0.29, 0.717) is 0 Å². The van der Waals surface area contributed by atoms with E-state index in [1.165, 1.54) is 19.1 Å². The largest absolute Gasteiger partial charge is 0.295 e. The van der Waals surface area contributed by atoms with Crippen molar-refractivity contribution in [1.82, 2.24) is 0 Å². The number of hydrogen-bond acceptors (Lipinski definition) is 3. The van der Waals surface area contributed by atoms with Crippen LogP contribution in [0, 0.1) is 10.1 Å². The molecule has 6 heteroatoms. The minimum atomic E-state index is -0.632. The number of Topliss-reactive ketones (excluding diaryl/α,β-unsaturated/α-hetero) is 1. The van der Waals surface area contributed by atoms with Gasteiger partial charge in [-0.3, -0.25) is 14.9 Å². The lowest BCUT2D eigenvalue weighted by Gasteiger charge is -2.02. The van der Waals surface area contributed by atoms with Crippen LogP contribution in [0.5, 0.6) is 0 Å². The van der Waals surface area contributed by atoms with Gasteiger partial charge in [0.15, 0.2) is 5.78 Å². The topological polar surface area (TPSA) is 60.2 Å². The highest BCUT2D eigenvalue weighted by atomic mass is 79.9. The van der Waals surface area contributed by atoms with E-state index in [0.717, 1.165) is 0 Å². The van der Waals surface area contributed by atoms with Crippen molar-refractivity contribution in [3.05, 3.63) is 37.3 Å². The summed E-state index contributed by atoms with van der Waals surface area (Å²) >= 11 is 8.65. The zero-order chi connectivity index (χ0) is 10.9. The molecule has 0 heterocycles. The fraction of sp³-hybridized carbons (Fsp3) is 0.125. The molecule has 0 aliphatic heterocycles. The number of nitro groups is 1. The molecule has 0 saturated heterocycles. The maximum absolute atomic E-state index is 11.1. The van der Waals surface area contributed by atoms with Crippen LogP contribution in [0.3, 0.4) is 0 Å². The number of benzene rings is 1. The molecule has 0 aliphatic rings. The van der Waals surface area contributed by atoms with E-state index in [2.05, 4.69) is 15.9 Å². The number of carbonyl (C=O) groups excluding carboxylic acids is 1. The van der Waals surface area contributed by atoms with E-state index in [-0.39, 0.29) is 26.5 Å². The normalized spacial score (nSPS) is 9.93. The summed E-state index contributed by atoms with van der Waals surface area (Å²) in [4.78, 5) is 21.1. The minimum Gasteiger partial charge on any atom is -0.294 e. The first-order valence-electron chi connectivity index (χ1n) is 3.58. The van der Waals surface area contributed by atoms with Crippen molar-refractivity contribution in [2.75, 3.05) is 0 Å². The molecule has 0 unspecified atom stereocenters. The molecule has 0 amide bonds. The van der Waals surface area contributed by atoms with Crippen LogP contribution >= 0.6 is 27.5 Å². The number of halogens is 2. The summed E-state index contributed by atoms with van der Waals surface area (Å²) in [5.41, 5.74) is -0.240. The van der Waals surface area contributed by atoms with Crippen LogP contribution in [0.15, 0.2) is 16.6 Å². The third-order valence-electron chi connectivity index (χ3n) is 1.63. The molecular formula is C8H5BrClNO3. The fourth-order valence-corrected chi connectivity index (χ4v) is 1.65. The van der Waals surface area contributed by atoms with Crippen molar-refractivity contribution in [2.24, 2.45) is 0 Å². The molecule has 0 aromatic heterocycles. The summed E-state index contributed by atoms with van der Waals surface area (Å²) in [6.07, 6.45) is 0. The standard InChI is InChI=1S/C8H5BrClNO3/c1-4(12)5-2-3-6(10)7(9)8(5)11(13)14/h2-3H,1H3. The van der Waals surface area contributed by atoms with Crippen molar-refractivity contribution in [2.45, 2.75) is 6.92 Å². The highest BCUT2D eigenvalue weighted by molar-refractivity contribution is 9.10. The lowest BCUT2D eigenvalue weighted by atomic mass is 10.1. The first kappa shape index (κ1) is 11.1. The Morgan fingerprint density at radius 1 is 1.57 bits per heavy atom. The monoisotopic (exact) mass is 277 g/mol. The molecule has 0 fully saturated rings. The number of rotatable bonds is 2. The third-order valence-corrected chi connectivity index (χ3v) is 2.98. The lowest BCUT2D eigenvalue weighted by molar-refractivity contribution is -0.385. The molecule has 0 spiro atoms. The van der Waals surface area contributed by atoms with Crippen molar-refractivity contribution in [3.8, 4) is 0 Å². The number of ketones is 1. The van der Waals surface area contributed by atoms with Gasteiger partial charge in [-0.15, -0.1) is 0 Å². The first-order valence-corrected chi connectivity index (χ1v) is 4.75. The predicted molar refractivity (Wildman–Crippen MR) is 55.8 cm³/mol. The fourth-order valence-electron chi connectivity index (χ4n) is 1.00. The van der Waals surface area contributed by atoms with Gasteiger partial charge in [-0.2, -0.15) is 0 Å². The van der Waals surface area contributed by atoms with Crippen LogP contribution in [0.1, 0.15) is 17.3 Å². The van der Waals surface area contributed by atoms with Gasteiger partial charge in [-0.05, 0) is 35.0 Å². The van der Waals surface area contributed by atoms with Crippen molar-refractivity contribution < 1.29 is 9.72 Å². The summed E-state index contributed by atoms with van der Waals surface area (Å²) in [6.45, 7) is 1.27. The van der Waals surface area contributed by atoms with Crippen LogP contribution in [0.25, 0.3) is 0 Å². The zero-order valence-electron chi connectivity index (χ0n) is 7.08. The second-order valence-electron chi connectivity index (χ2n) is 2.57. The van der Waals surface area contributed by atoms with Gasteiger partial charge in [-0.25, -0.2) is 0 Å². The van der Waals surface area contributed by atoms with Gasteiger partial charge in [0.25, 0.3) is 5.69 Å². The molecule has 74 valence electrons. The third kappa shape index (κ3) is 1.93. The van der Waals surface area contributed by atoms with Gasteiger partial charge in [0.1, 0.15) is 4.47 Å². The summed E-state index contributed by atoms with van der Waals surface area (Å²) in [7, 11) is 0. The Morgan fingerprint density at radius 2 is 2.14 bits per heavy atom. The maximum Gasteiger partial charge on any atom is 0.295 e. The number of hydrogen-bond donors (Lipinski definition) is 0. The molecule has 0 atom stereocenters. The Kier molecular flexibility index (Phi) is 3.23. The molecule has 1 aromatic carbocycles. The molecule has 0 aliphatic carbocycles. The van der Waals surface area contributed by atoms with E-state index in [4.69, 9.17) is 11.6 Å². The summed E-state index contributed by atoms with van der Waals surface area (Å²) in [5.74, 6) is -0.367. The lowest BCUT2D eigenvalue weighted by Crippen LogP contribution is -2.01. The highest BCUT2D eigenvalue weighted by Gasteiger charge is 2.23. The van der Waals surface area contributed by atoms with Gasteiger partial charge in [0.2, 0.25) is 0 Å². The Morgan fingerprint density at radius 3 is 2.57 bits per heavy atom. The van der Waals surface area contributed by atoms with Gasteiger partial charge in [-0.1, -0.05) is 11.6 Å². The van der Waals surface area contributed by atoms with Crippen LogP contribution in [-0.2, 0) is 0 Å². The van der Waals surface area contributed by atoms with E-state index < -0.39 is 4.92 Å². The Bertz CT molecular complexity index is 419. The molecule has 0 radical (unpaired) electrons. The average Bonchev–Trinajstić information content (AvgIpc) is 2.08. The number of nitro benzene ring substituents is 1. The van der Waals surface area contributed by atoms with E-state index in [1.54, 1.807) is 0 Å². The molecule has 0 N–H and O–H groups in total. The number of carbonyl (C=O) groups is 1. The predicted octanol–water partition coefficient (Wildman–Crippen LogP) is 3.21. The maximum atomic E-state index is 11.1. The van der Waals surface area contributed by atoms with E-state index in [9.17, 15) is 14.9 Å². The van der Waals surface area contributed by atoms with Crippen LogP contribution in [0.2, 0.25) is 5.02 Å². The Balaban J connectivity index is 3.53. The second-order valence-corrected chi connectivity index (χ2v) is 3.77. The van der Waals surface area contributed by atoms with Gasteiger partial charge in [0, 0.05) is 0 Å². The number of nitrogens with zero attached hydrogens (tertiary/aromatic N) is 1. The quantitative estimate of drug-likeness (QED) is 0.474. The van der Waals surface area contributed by atoms with Crippen LogP contribution in [0.4, 0.5) is 5.69 Å². The zero-order valence-corrected chi connectivity index (χ0v) is 9.42. The molecule has 1 rings (SSSR count). The SMILES string of the molecule is CC(=O)c1ccc(Cl)c(Br)c1[N+](=O)[O-]. The molecule has 1 aromatic rings. The van der Waals surface area contributed by atoms with Crippen LogP contribution in [-0.4, -0.2) is 10.7 Å². The first-order chi connectivity index (χ1) is 6.45. The van der Waals surface area contributed by atoms with Gasteiger partial charge < -0.3 is 0 Å². The van der Waals surface area contributed by atoms with Crippen LogP contribution < -0.4 is 0 Å².